The Labute approximate surface area is 123 Å². The smallest absolute Gasteiger partial charge is 0.261 e. The molecule has 0 radical (unpaired) electrons. The van der Waals surface area contributed by atoms with Gasteiger partial charge < -0.3 is 16.4 Å². The van der Waals surface area contributed by atoms with Crippen LogP contribution in [0.25, 0.3) is 0 Å². The standard InChI is InChI=1S/C14H20N4OS/c1-2-9-4-3-6-18(7-5-9)14-10(8-15)11(16)12(20-14)13(17)19/h9H,2-7,16H2,1H3,(H2,17,19). The largest absolute Gasteiger partial charge is 0.396 e. The van der Waals surface area contributed by atoms with Crippen molar-refractivity contribution in [3.05, 3.63) is 10.4 Å². The van der Waals surface area contributed by atoms with Crippen LogP contribution < -0.4 is 16.4 Å². The number of anilines is 2. The molecule has 1 aliphatic heterocycles. The third-order valence-corrected chi connectivity index (χ3v) is 5.26. The number of carbonyl (C=O) groups is 1. The highest BCUT2D eigenvalue weighted by Gasteiger charge is 2.25. The molecule has 0 aliphatic carbocycles. The van der Waals surface area contributed by atoms with Gasteiger partial charge in [0.15, 0.2) is 0 Å². The monoisotopic (exact) mass is 292 g/mol. The Bertz CT molecular complexity index is 546. The molecule has 2 rings (SSSR count). The van der Waals surface area contributed by atoms with Gasteiger partial charge in [-0.2, -0.15) is 5.26 Å². The first-order valence-electron chi connectivity index (χ1n) is 6.95. The number of thiophene rings is 1. The number of nitrogen functional groups attached to an aromatic ring is 1. The summed E-state index contributed by atoms with van der Waals surface area (Å²) in [6.07, 6.45) is 4.63. The normalized spacial score (nSPS) is 19.4. The van der Waals surface area contributed by atoms with Gasteiger partial charge in [0, 0.05) is 13.1 Å². The van der Waals surface area contributed by atoms with Crippen LogP contribution in [0.1, 0.15) is 47.8 Å². The second-order valence-corrected chi connectivity index (χ2v) is 6.19. The molecule has 2 heterocycles. The summed E-state index contributed by atoms with van der Waals surface area (Å²) in [7, 11) is 0. The van der Waals surface area contributed by atoms with Gasteiger partial charge in [0.05, 0.1) is 5.69 Å². The maximum Gasteiger partial charge on any atom is 0.261 e. The first-order valence-corrected chi connectivity index (χ1v) is 7.77. The fourth-order valence-electron chi connectivity index (χ4n) is 2.72. The van der Waals surface area contributed by atoms with Crippen molar-refractivity contribution in [3.63, 3.8) is 0 Å². The van der Waals surface area contributed by atoms with E-state index in [-0.39, 0.29) is 5.69 Å². The van der Waals surface area contributed by atoms with E-state index in [9.17, 15) is 10.1 Å². The topological polar surface area (TPSA) is 96.1 Å². The molecule has 0 spiro atoms. The first-order chi connectivity index (χ1) is 9.58. The third-order valence-electron chi connectivity index (χ3n) is 3.97. The SMILES string of the molecule is CCC1CCCN(c2sc(C(N)=O)c(N)c2C#N)CC1. The molecule has 1 unspecified atom stereocenters. The van der Waals surface area contributed by atoms with Crippen molar-refractivity contribution < 1.29 is 4.79 Å². The summed E-state index contributed by atoms with van der Waals surface area (Å²) in [5, 5.41) is 10.1. The zero-order chi connectivity index (χ0) is 14.7. The van der Waals surface area contributed by atoms with Gasteiger partial charge in [-0.15, -0.1) is 11.3 Å². The van der Waals surface area contributed by atoms with Crippen molar-refractivity contribution in [1.29, 1.82) is 5.26 Å². The van der Waals surface area contributed by atoms with Crippen LogP contribution in [0.15, 0.2) is 0 Å². The van der Waals surface area contributed by atoms with Gasteiger partial charge >= 0.3 is 0 Å². The zero-order valence-corrected chi connectivity index (χ0v) is 12.5. The summed E-state index contributed by atoms with van der Waals surface area (Å²) in [5.41, 5.74) is 11.8. The second kappa shape index (κ2) is 6.14. The number of hydrogen-bond donors (Lipinski definition) is 2. The minimum Gasteiger partial charge on any atom is -0.396 e. The number of nitriles is 1. The Kier molecular flexibility index (Phi) is 4.50. The Morgan fingerprint density at radius 1 is 1.50 bits per heavy atom. The predicted octanol–water partition coefficient (Wildman–Crippen LogP) is 2.32. The Hall–Kier alpha value is -1.74. The average Bonchev–Trinajstić information content (AvgIpc) is 2.62. The lowest BCUT2D eigenvalue weighted by atomic mass is 9.98. The molecule has 4 N–H and O–H groups in total. The van der Waals surface area contributed by atoms with Crippen molar-refractivity contribution in [3.8, 4) is 6.07 Å². The van der Waals surface area contributed by atoms with Crippen LogP contribution in [-0.4, -0.2) is 19.0 Å². The molecule has 5 nitrogen and oxygen atoms in total. The fourth-order valence-corrected chi connectivity index (χ4v) is 3.80. The van der Waals surface area contributed by atoms with E-state index in [1.807, 2.05) is 0 Å². The Morgan fingerprint density at radius 2 is 2.25 bits per heavy atom. The van der Waals surface area contributed by atoms with Crippen molar-refractivity contribution in [2.24, 2.45) is 11.7 Å². The summed E-state index contributed by atoms with van der Waals surface area (Å²) in [4.78, 5) is 13.9. The average molecular weight is 292 g/mol. The second-order valence-electron chi connectivity index (χ2n) is 5.19. The lowest BCUT2D eigenvalue weighted by molar-refractivity contribution is 0.100. The molecule has 1 saturated heterocycles. The lowest BCUT2D eigenvalue weighted by Gasteiger charge is -2.21. The Balaban J connectivity index is 2.30. The molecule has 0 aromatic carbocycles. The van der Waals surface area contributed by atoms with Crippen LogP contribution in [0, 0.1) is 17.2 Å². The van der Waals surface area contributed by atoms with E-state index in [0.717, 1.165) is 36.9 Å². The molecule has 1 fully saturated rings. The van der Waals surface area contributed by atoms with E-state index in [0.29, 0.717) is 10.4 Å². The number of amides is 1. The van der Waals surface area contributed by atoms with Gasteiger partial charge in [0.2, 0.25) is 0 Å². The molecule has 1 aromatic heterocycles. The molecule has 20 heavy (non-hydrogen) atoms. The van der Waals surface area contributed by atoms with E-state index in [2.05, 4.69) is 17.9 Å². The van der Waals surface area contributed by atoms with Crippen LogP contribution >= 0.6 is 11.3 Å². The Morgan fingerprint density at radius 3 is 2.85 bits per heavy atom. The van der Waals surface area contributed by atoms with Gasteiger partial charge in [-0.3, -0.25) is 4.79 Å². The van der Waals surface area contributed by atoms with Crippen LogP contribution in [0.4, 0.5) is 10.7 Å². The van der Waals surface area contributed by atoms with Crippen molar-refractivity contribution in [2.45, 2.75) is 32.6 Å². The summed E-state index contributed by atoms with van der Waals surface area (Å²) in [5.74, 6) is 0.190. The summed E-state index contributed by atoms with van der Waals surface area (Å²) in [6.45, 7) is 4.03. The molecule has 0 bridgehead atoms. The first kappa shape index (κ1) is 14.7. The van der Waals surface area contributed by atoms with Gasteiger partial charge in [-0.1, -0.05) is 13.3 Å². The van der Waals surface area contributed by atoms with Gasteiger partial charge in [0.1, 0.15) is 21.5 Å². The van der Waals surface area contributed by atoms with Crippen LogP contribution in [-0.2, 0) is 0 Å². The highest BCUT2D eigenvalue weighted by Crippen LogP contribution is 2.38. The van der Waals surface area contributed by atoms with E-state index in [1.54, 1.807) is 0 Å². The van der Waals surface area contributed by atoms with Crippen molar-refractivity contribution >= 4 is 27.9 Å². The van der Waals surface area contributed by atoms with E-state index >= 15 is 0 Å². The molecule has 1 amide bonds. The number of nitrogens with zero attached hydrogens (tertiary/aromatic N) is 2. The molecule has 0 saturated carbocycles. The molecule has 1 aliphatic rings. The van der Waals surface area contributed by atoms with E-state index < -0.39 is 5.91 Å². The molecule has 1 aromatic rings. The summed E-state index contributed by atoms with van der Waals surface area (Å²) < 4.78 is 0. The highest BCUT2D eigenvalue weighted by molar-refractivity contribution is 7.19. The van der Waals surface area contributed by atoms with Crippen molar-refractivity contribution in [1.82, 2.24) is 0 Å². The maximum atomic E-state index is 11.4. The number of nitrogens with two attached hydrogens (primary N) is 2. The van der Waals surface area contributed by atoms with Crippen LogP contribution in [0.2, 0.25) is 0 Å². The van der Waals surface area contributed by atoms with Crippen molar-refractivity contribution in [2.75, 3.05) is 23.7 Å². The predicted molar refractivity (Wildman–Crippen MR) is 81.8 cm³/mol. The molecule has 108 valence electrons. The zero-order valence-electron chi connectivity index (χ0n) is 11.7. The lowest BCUT2D eigenvalue weighted by Crippen LogP contribution is -2.24. The molecular formula is C14H20N4OS. The fraction of sp³-hybridized carbons (Fsp3) is 0.571. The van der Waals surface area contributed by atoms with E-state index in [4.69, 9.17) is 11.5 Å². The molecule has 6 heteroatoms. The quantitative estimate of drug-likeness (QED) is 0.893. The van der Waals surface area contributed by atoms with Crippen LogP contribution in [0.3, 0.4) is 0 Å². The van der Waals surface area contributed by atoms with Gasteiger partial charge in [-0.05, 0) is 25.2 Å². The summed E-state index contributed by atoms with van der Waals surface area (Å²) >= 11 is 1.25. The minimum absolute atomic E-state index is 0.233. The van der Waals surface area contributed by atoms with Crippen LogP contribution in [0.5, 0.6) is 0 Å². The van der Waals surface area contributed by atoms with Gasteiger partial charge in [-0.25, -0.2) is 0 Å². The molecule has 1 atom stereocenters. The van der Waals surface area contributed by atoms with E-state index in [1.165, 1.54) is 24.2 Å². The number of rotatable bonds is 3. The number of carbonyl (C=O) groups excluding carboxylic acids is 1. The number of primary amides is 1. The summed E-state index contributed by atoms with van der Waals surface area (Å²) in [6, 6.07) is 2.12. The highest BCUT2D eigenvalue weighted by atomic mass is 32.1. The maximum absolute atomic E-state index is 11.4. The minimum atomic E-state index is -0.559. The van der Waals surface area contributed by atoms with Gasteiger partial charge in [0.25, 0.3) is 5.91 Å². The molecular weight excluding hydrogens is 272 g/mol. The number of hydrogen-bond acceptors (Lipinski definition) is 5. The third kappa shape index (κ3) is 2.73.